The average molecular weight is 416 g/mol. The minimum Gasteiger partial charge on any atom is -0.462 e. The van der Waals surface area contributed by atoms with E-state index in [1.807, 2.05) is 0 Å². The molecule has 0 N–H and O–H groups in total. The predicted molar refractivity (Wildman–Crippen MR) is 92.8 cm³/mol. The Morgan fingerprint density at radius 1 is 1.00 bits per heavy atom. The van der Waals surface area contributed by atoms with Crippen molar-refractivity contribution in [2.75, 3.05) is 6.61 Å². The molecule has 0 aliphatic rings. The SMILES string of the molecule is CCOC(=O)c1cccc(-c2c(Cl)c(Cl)c(Cl)c(Cl)c2Cl)c1F. The molecule has 122 valence electrons. The number of hydrogen-bond acceptors (Lipinski definition) is 2. The van der Waals surface area contributed by atoms with Crippen molar-refractivity contribution in [1.29, 1.82) is 0 Å². The smallest absolute Gasteiger partial charge is 0.341 e. The Hall–Kier alpha value is -0.710. The molecular formula is C15H8Cl5FO2. The molecular weight excluding hydrogens is 408 g/mol. The summed E-state index contributed by atoms with van der Waals surface area (Å²) in [5.74, 6) is -1.64. The van der Waals surface area contributed by atoms with Crippen LogP contribution < -0.4 is 0 Å². The Morgan fingerprint density at radius 2 is 1.52 bits per heavy atom. The van der Waals surface area contributed by atoms with E-state index in [-0.39, 0.29) is 48.4 Å². The summed E-state index contributed by atoms with van der Waals surface area (Å²) in [6, 6.07) is 4.15. The van der Waals surface area contributed by atoms with E-state index in [9.17, 15) is 9.18 Å². The molecule has 0 heterocycles. The molecule has 2 aromatic carbocycles. The highest BCUT2D eigenvalue weighted by Crippen LogP contribution is 2.48. The van der Waals surface area contributed by atoms with Crippen molar-refractivity contribution in [3.63, 3.8) is 0 Å². The summed E-state index contributed by atoms with van der Waals surface area (Å²) in [6.07, 6.45) is 0. The maximum absolute atomic E-state index is 14.7. The van der Waals surface area contributed by atoms with Crippen molar-refractivity contribution in [1.82, 2.24) is 0 Å². The van der Waals surface area contributed by atoms with E-state index in [2.05, 4.69) is 0 Å². The highest BCUT2D eigenvalue weighted by molar-refractivity contribution is 6.56. The first-order valence-corrected chi connectivity index (χ1v) is 8.17. The van der Waals surface area contributed by atoms with Crippen LogP contribution in [0.3, 0.4) is 0 Å². The van der Waals surface area contributed by atoms with Crippen LogP contribution in [-0.4, -0.2) is 12.6 Å². The molecule has 2 aromatic rings. The molecule has 0 aliphatic carbocycles. The number of rotatable bonds is 3. The highest BCUT2D eigenvalue weighted by atomic mass is 35.5. The largest absolute Gasteiger partial charge is 0.462 e. The molecule has 2 rings (SSSR count). The normalized spacial score (nSPS) is 10.7. The van der Waals surface area contributed by atoms with Crippen molar-refractivity contribution in [3.8, 4) is 11.1 Å². The van der Waals surface area contributed by atoms with Crippen molar-refractivity contribution in [2.45, 2.75) is 6.92 Å². The van der Waals surface area contributed by atoms with Gasteiger partial charge in [0.2, 0.25) is 0 Å². The zero-order valence-corrected chi connectivity index (χ0v) is 15.3. The number of benzene rings is 2. The van der Waals surface area contributed by atoms with Crippen LogP contribution >= 0.6 is 58.0 Å². The number of hydrogen-bond donors (Lipinski definition) is 0. The molecule has 0 saturated heterocycles. The van der Waals surface area contributed by atoms with Crippen LogP contribution in [0.5, 0.6) is 0 Å². The van der Waals surface area contributed by atoms with Crippen LogP contribution in [0.2, 0.25) is 25.1 Å². The lowest BCUT2D eigenvalue weighted by Gasteiger charge is -2.14. The van der Waals surface area contributed by atoms with Gasteiger partial charge in [0.15, 0.2) is 0 Å². The van der Waals surface area contributed by atoms with E-state index in [1.54, 1.807) is 6.92 Å². The lowest BCUT2D eigenvalue weighted by Crippen LogP contribution is -2.08. The first-order valence-electron chi connectivity index (χ1n) is 6.28. The van der Waals surface area contributed by atoms with Gasteiger partial charge in [0.25, 0.3) is 0 Å². The fourth-order valence-electron chi connectivity index (χ4n) is 1.93. The molecule has 0 spiro atoms. The summed E-state index contributed by atoms with van der Waals surface area (Å²) in [6.45, 7) is 1.73. The fourth-order valence-corrected chi connectivity index (χ4v) is 3.27. The molecule has 0 atom stereocenters. The Kier molecular flexibility index (Phi) is 6.04. The van der Waals surface area contributed by atoms with Gasteiger partial charge in [0, 0.05) is 11.1 Å². The molecule has 0 aliphatic heterocycles. The van der Waals surface area contributed by atoms with Gasteiger partial charge in [-0.15, -0.1) is 0 Å². The van der Waals surface area contributed by atoms with Crippen molar-refractivity contribution >= 4 is 64.0 Å². The number of carbonyl (C=O) groups is 1. The number of carbonyl (C=O) groups excluding carboxylic acids is 1. The third-order valence-electron chi connectivity index (χ3n) is 2.97. The van der Waals surface area contributed by atoms with Gasteiger partial charge in [-0.25, -0.2) is 9.18 Å². The molecule has 0 unspecified atom stereocenters. The maximum atomic E-state index is 14.7. The molecule has 0 amide bonds. The van der Waals surface area contributed by atoms with E-state index in [1.165, 1.54) is 18.2 Å². The minimum atomic E-state index is -0.843. The van der Waals surface area contributed by atoms with Gasteiger partial charge >= 0.3 is 5.97 Å². The van der Waals surface area contributed by atoms with Crippen molar-refractivity contribution < 1.29 is 13.9 Å². The third-order valence-corrected chi connectivity index (χ3v) is 5.25. The van der Waals surface area contributed by atoms with Crippen LogP contribution in [0.1, 0.15) is 17.3 Å². The quantitative estimate of drug-likeness (QED) is 0.308. The molecule has 0 radical (unpaired) electrons. The van der Waals surface area contributed by atoms with Gasteiger partial charge in [-0.05, 0) is 13.0 Å². The first-order chi connectivity index (χ1) is 10.8. The molecule has 2 nitrogen and oxygen atoms in total. The average Bonchev–Trinajstić information content (AvgIpc) is 2.53. The molecule has 23 heavy (non-hydrogen) atoms. The number of esters is 1. The van der Waals surface area contributed by atoms with Crippen LogP contribution in [0.25, 0.3) is 11.1 Å². The molecule has 0 aromatic heterocycles. The molecule has 0 bridgehead atoms. The van der Waals surface area contributed by atoms with E-state index in [4.69, 9.17) is 62.7 Å². The molecule has 0 saturated carbocycles. The fraction of sp³-hybridized carbons (Fsp3) is 0.133. The van der Waals surface area contributed by atoms with Gasteiger partial charge in [-0.1, -0.05) is 70.1 Å². The minimum absolute atomic E-state index is 0.0333. The van der Waals surface area contributed by atoms with E-state index in [0.29, 0.717) is 0 Å². The Bertz CT molecular complexity index is 763. The standard InChI is InChI=1S/C15H8Cl5FO2/c1-2-23-15(22)7-5-3-4-6(14(7)21)8-9(16)11(18)13(20)12(19)10(8)17/h3-5H,2H2,1H3. The van der Waals surface area contributed by atoms with Crippen LogP contribution in [0.4, 0.5) is 4.39 Å². The van der Waals surface area contributed by atoms with Gasteiger partial charge in [0.05, 0.1) is 37.3 Å². The Labute approximate surface area is 157 Å². The second kappa shape index (κ2) is 7.45. The highest BCUT2D eigenvalue weighted by Gasteiger charge is 2.24. The second-order valence-electron chi connectivity index (χ2n) is 4.33. The van der Waals surface area contributed by atoms with Crippen LogP contribution in [0, 0.1) is 5.82 Å². The van der Waals surface area contributed by atoms with E-state index >= 15 is 0 Å². The van der Waals surface area contributed by atoms with Crippen molar-refractivity contribution in [3.05, 3.63) is 54.7 Å². The van der Waals surface area contributed by atoms with Crippen LogP contribution in [-0.2, 0) is 4.74 Å². The summed E-state index contributed by atoms with van der Waals surface area (Å²) >= 11 is 30.2. The molecule has 8 heteroatoms. The van der Waals surface area contributed by atoms with Gasteiger partial charge in [0.1, 0.15) is 5.82 Å². The zero-order valence-electron chi connectivity index (χ0n) is 11.5. The predicted octanol–water partition coefficient (Wildman–Crippen LogP) is 6.94. The summed E-state index contributed by atoms with van der Waals surface area (Å²) in [7, 11) is 0. The maximum Gasteiger partial charge on any atom is 0.341 e. The van der Waals surface area contributed by atoms with Crippen LogP contribution in [0.15, 0.2) is 18.2 Å². The molecule has 0 fully saturated rings. The zero-order chi connectivity index (χ0) is 17.3. The van der Waals surface area contributed by atoms with Gasteiger partial charge in [-0.3, -0.25) is 0 Å². The number of halogens is 6. The lowest BCUT2D eigenvalue weighted by molar-refractivity contribution is 0.0521. The summed E-state index contributed by atoms with van der Waals surface area (Å²) in [5.41, 5.74) is -0.235. The summed E-state index contributed by atoms with van der Waals surface area (Å²) in [5, 5.41) is -0.275. The first kappa shape index (κ1) is 18.6. The number of ether oxygens (including phenoxy) is 1. The Balaban J connectivity index is 2.74. The second-order valence-corrected chi connectivity index (χ2v) is 6.22. The summed E-state index contributed by atoms with van der Waals surface area (Å²) < 4.78 is 19.5. The topological polar surface area (TPSA) is 26.3 Å². The lowest BCUT2D eigenvalue weighted by atomic mass is 10.0. The van der Waals surface area contributed by atoms with Gasteiger partial charge in [-0.2, -0.15) is 0 Å². The van der Waals surface area contributed by atoms with E-state index in [0.717, 1.165) is 0 Å². The van der Waals surface area contributed by atoms with Crippen molar-refractivity contribution in [2.24, 2.45) is 0 Å². The monoisotopic (exact) mass is 414 g/mol. The Morgan fingerprint density at radius 3 is 2.04 bits per heavy atom. The third kappa shape index (κ3) is 3.40. The van der Waals surface area contributed by atoms with Gasteiger partial charge < -0.3 is 4.74 Å². The summed E-state index contributed by atoms with van der Waals surface area (Å²) in [4.78, 5) is 11.8. The van der Waals surface area contributed by atoms with E-state index < -0.39 is 11.8 Å².